The summed E-state index contributed by atoms with van der Waals surface area (Å²) in [5.41, 5.74) is 1.52. The van der Waals surface area contributed by atoms with Crippen LogP contribution in [0.5, 0.6) is 0 Å². The van der Waals surface area contributed by atoms with Crippen LogP contribution >= 0.6 is 11.3 Å². The van der Waals surface area contributed by atoms with Gasteiger partial charge in [-0.1, -0.05) is 6.07 Å². The van der Waals surface area contributed by atoms with E-state index in [1.807, 2.05) is 13.0 Å². The maximum Gasteiger partial charge on any atom is 0.267 e. The molecule has 0 fully saturated rings. The highest BCUT2D eigenvalue weighted by molar-refractivity contribution is 7.20. The highest BCUT2D eigenvalue weighted by Crippen LogP contribution is 2.27. The first-order chi connectivity index (χ1) is 10.5. The Kier molecular flexibility index (Phi) is 3.50. The lowest BCUT2D eigenvalue weighted by Crippen LogP contribution is -2.17. The standard InChI is InChI=1S/C15H14N4O2S/c1-8-4-5-10(16-6-8)18-13(20)12-9(2)11-14(22-12)17-7-19(3)15(11)21/h4-7H,1-3H3,(H,16,18,20). The zero-order valence-electron chi connectivity index (χ0n) is 12.4. The first-order valence-corrected chi connectivity index (χ1v) is 7.47. The van der Waals surface area contributed by atoms with Gasteiger partial charge in [0.1, 0.15) is 10.6 Å². The molecule has 1 amide bonds. The molecule has 0 aliphatic heterocycles. The van der Waals surface area contributed by atoms with Crippen molar-refractivity contribution >= 4 is 33.3 Å². The van der Waals surface area contributed by atoms with Crippen LogP contribution in [0.25, 0.3) is 10.2 Å². The lowest BCUT2D eigenvalue weighted by molar-refractivity contribution is 0.102. The molecule has 22 heavy (non-hydrogen) atoms. The van der Waals surface area contributed by atoms with E-state index in [9.17, 15) is 9.59 Å². The van der Waals surface area contributed by atoms with Crippen molar-refractivity contribution in [2.24, 2.45) is 7.05 Å². The third kappa shape index (κ3) is 2.39. The Hall–Kier alpha value is -2.54. The highest BCUT2D eigenvalue weighted by atomic mass is 32.1. The molecule has 1 N–H and O–H groups in total. The predicted molar refractivity (Wildman–Crippen MR) is 86.5 cm³/mol. The van der Waals surface area contributed by atoms with Crippen molar-refractivity contribution in [2.45, 2.75) is 13.8 Å². The van der Waals surface area contributed by atoms with E-state index >= 15 is 0 Å². The molecule has 0 spiro atoms. The van der Waals surface area contributed by atoms with Gasteiger partial charge in [-0.15, -0.1) is 11.3 Å². The number of anilines is 1. The number of hydrogen-bond donors (Lipinski definition) is 1. The number of nitrogens with one attached hydrogen (secondary N) is 1. The van der Waals surface area contributed by atoms with Crippen molar-refractivity contribution in [3.63, 3.8) is 0 Å². The minimum absolute atomic E-state index is 0.147. The van der Waals surface area contributed by atoms with Crippen LogP contribution in [0.3, 0.4) is 0 Å². The Balaban J connectivity index is 2.01. The van der Waals surface area contributed by atoms with E-state index in [4.69, 9.17) is 0 Å². The Labute approximate surface area is 130 Å². The number of amides is 1. The SMILES string of the molecule is Cc1ccc(NC(=O)c2sc3ncn(C)c(=O)c3c2C)nc1. The Bertz CT molecular complexity index is 925. The second kappa shape index (κ2) is 5.34. The van der Waals surface area contributed by atoms with Crippen molar-refractivity contribution < 1.29 is 4.79 Å². The molecule has 0 saturated heterocycles. The van der Waals surface area contributed by atoms with Gasteiger partial charge in [0.05, 0.1) is 16.6 Å². The van der Waals surface area contributed by atoms with Crippen LogP contribution < -0.4 is 10.9 Å². The number of rotatable bonds is 2. The number of carbonyl (C=O) groups is 1. The fraction of sp³-hybridized carbons (Fsp3) is 0.200. The zero-order valence-corrected chi connectivity index (χ0v) is 13.2. The molecule has 0 atom stereocenters. The number of hydrogen-bond acceptors (Lipinski definition) is 5. The fourth-order valence-corrected chi connectivity index (χ4v) is 3.17. The average molecular weight is 314 g/mol. The van der Waals surface area contributed by atoms with Gasteiger partial charge in [0.15, 0.2) is 0 Å². The van der Waals surface area contributed by atoms with Gasteiger partial charge in [-0.3, -0.25) is 9.59 Å². The van der Waals surface area contributed by atoms with Crippen LogP contribution in [0.15, 0.2) is 29.5 Å². The molecule has 0 aliphatic carbocycles. The molecule has 3 aromatic heterocycles. The normalized spacial score (nSPS) is 10.9. The molecule has 0 unspecified atom stereocenters. The second-order valence-corrected chi connectivity index (χ2v) is 6.07. The van der Waals surface area contributed by atoms with E-state index in [0.29, 0.717) is 26.5 Å². The van der Waals surface area contributed by atoms with E-state index in [0.717, 1.165) is 5.56 Å². The van der Waals surface area contributed by atoms with Crippen molar-refractivity contribution in [2.75, 3.05) is 5.32 Å². The largest absolute Gasteiger partial charge is 0.306 e. The van der Waals surface area contributed by atoms with Crippen molar-refractivity contribution in [3.05, 3.63) is 51.0 Å². The molecule has 3 rings (SSSR count). The van der Waals surface area contributed by atoms with Gasteiger partial charge in [-0.05, 0) is 31.0 Å². The number of nitrogens with zero attached hydrogens (tertiary/aromatic N) is 3. The van der Waals surface area contributed by atoms with Crippen LogP contribution in [0.4, 0.5) is 5.82 Å². The Morgan fingerprint density at radius 1 is 1.27 bits per heavy atom. The maximum atomic E-state index is 12.4. The number of aryl methyl sites for hydroxylation is 3. The van der Waals surface area contributed by atoms with Crippen LogP contribution in [-0.4, -0.2) is 20.4 Å². The minimum Gasteiger partial charge on any atom is -0.306 e. The van der Waals surface area contributed by atoms with Crippen LogP contribution in [-0.2, 0) is 7.05 Å². The molecule has 3 aromatic rings. The molecule has 0 radical (unpaired) electrons. The van der Waals surface area contributed by atoms with E-state index in [-0.39, 0.29) is 11.5 Å². The van der Waals surface area contributed by atoms with Crippen molar-refractivity contribution in [1.29, 1.82) is 0 Å². The van der Waals surface area contributed by atoms with E-state index in [1.54, 1.807) is 26.2 Å². The smallest absolute Gasteiger partial charge is 0.267 e. The summed E-state index contributed by atoms with van der Waals surface area (Å²) in [5.74, 6) is 0.201. The molecule has 112 valence electrons. The number of carbonyl (C=O) groups excluding carboxylic acids is 1. The van der Waals surface area contributed by atoms with Gasteiger partial charge >= 0.3 is 0 Å². The highest BCUT2D eigenvalue weighted by Gasteiger charge is 2.19. The summed E-state index contributed by atoms with van der Waals surface area (Å²) in [5, 5.41) is 3.24. The third-order valence-electron chi connectivity index (χ3n) is 3.37. The van der Waals surface area contributed by atoms with Gasteiger partial charge < -0.3 is 9.88 Å². The molecule has 7 heteroatoms. The van der Waals surface area contributed by atoms with E-state index < -0.39 is 0 Å². The summed E-state index contributed by atoms with van der Waals surface area (Å²) >= 11 is 1.21. The summed E-state index contributed by atoms with van der Waals surface area (Å²) in [6.07, 6.45) is 3.15. The molecule has 0 aromatic carbocycles. The fourth-order valence-electron chi connectivity index (χ4n) is 2.14. The first-order valence-electron chi connectivity index (χ1n) is 6.66. The van der Waals surface area contributed by atoms with E-state index in [1.165, 1.54) is 22.2 Å². The molecular weight excluding hydrogens is 300 g/mol. The maximum absolute atomic E-state index is 12.4. The summed E-state index contributed by atoms with van der Waals surface area (Å²) in [7, 11) is 1.64. The van der Waals surface area contributed by atoms with Gasteiger partial charge in [0.25, 0.3) is 11.5 Å². The average Bonchev–Trinajstić information content (AvgIpc) is 2.83. The zero-order chi connectivity index (χ0) is 15.9. The number of fused-ring (bicyclic) bond motifs is 1. The van der Waals surface area contributed by atoms with Gasteiger partial charge in [-0.2, -0.15) is 0 Å². The lowest BCUT2D eigenvalue weighted by atomic mass is 10.2. The summed E-state index contributed by atoms with van der Waals surface area (Å²) < 4.78 is 1.41. The first kappa shape index (κ1) is 14.4. The van der Waals surface area contributed by atoms with Crippen LogP contribution in [0.1, 0.15) is 20.8 Å². The summed E-state index contributed by atoms with van der Waals surface area (Å²) in [4.78, 5) is 34.0. The Morgan fingerprint density at radius 3 is 2.73 bits per heavy atom. The van der Waals surface area contributed by atoms with Crippen LogP contribution in [0, 0.1) is 13.8 Å². The molecule has 3 heterocycles. The summed E-state index contributed by atoms with van der Waals surface area (Å²) in [6, 6.07) is 3.62. The van der Waals surface area contributed by atoms with Crippen LogP contribution in [0.2, 0.25) is 0 Å². The third-order valence-corrected chi connectivity index (χ3v) is 4.57. The number of aromatic nitrogens is 3. The molecular formula is C15H14N4O2S. The number of pyridine rings is 1. The van der Waals surface area contributed by atoms with Gasteiger partial charge in [-0.25, -0.2) is 9.97 Å². The van der Waals surface area contributed by atoms with Gasteiger partial charge in [0, 0.05) is 13.2 Å². The monoisotopic (exact) mass is 314 g/mol. The lowest BCUT2D eigenvalue weighted by Gasteiger charge is -2.03. The van der Waals surface area contributed by atoms with Crippen molar-refractivity contribution in [3.8, 4) is 0 Å². The second-order valence-electron chi connectivity index (χ2n) is 5.07. The predicted octanol–water partition coefficient (Wildman–Crippen LogP) is 2.26. The van der Waals surface area contributed by atoms with Crippen molar-refractivity contribution in [1.82, 2.24) is 14.5 Å². The molecule has 6 nitrogen and oxygen atoms in total. The number of thiophene rings is 1. The quantitative estimate of drug-likeness (QED) is 0.787. The molecule has 0 bridgehead atoms. The molecule has 0 saturated carbocycles. The molecule has 0 aliphatic rings. The van der Waals surface area contributed by atoms with E-state index in [2.05, 4.69) is 15.3 Å². The summed E-state index contributed by atoms with van der Waals surface area (Å²) in [6.45, 7) is 3.69. The Morgan fingerprint density at radius 2 is 2.05 bits per heavy atom. The topological polar surface area (TPSA) is 76.9 Å². The minimum atomic E-state index is -0.279. The van der Waals surface area contributed by atoms with Gasteiger partial charge in [0.2, 0.25) is 0 Å².